The average Bonchev–Trinajstić information content (AvgIpc) is 2.73. The highest BCUT2D eigenvalue weighted by Crippen LogP contribution is 2.41. The predicted molar refractivity (Wildman–Crippen MR) is 56.7 cm³/mol. The van der Waals surface area contributed by atoms with Crippen molar-refractivity contribution in [1.29, 1.82) is 0 Å². The molecule has 14 heavy (non-hydrogen) atoms. The molecule has 2 atom stereocenters. The Morgan fingerprint density at radius 2 is 2.50 bits per heavy atom. The fraction of sp³-hybridized carbons (Fsp3) is 0.727. The van der Waals surface area contributed by atoms with Gasteiger partial charge in [0.05, 0.1) is 6.20 Å². The van der Waals surface area contributed by atoms with Gasteiger partial charge in [-0.3, -0.25) is 4.68 Å². The molecule has 0 aromatic carbocycles. The standard InChI is InChI=1S/C11H19N3/c1-3-9-4-5-11(12,6-9)10-7-13-14(2)8-10/h7-9H,3-6,12H2,1-2H3. The van der Waals surface area contributed by atoms with Gasteiger partial charge >= 0.3 is 0 Å². The third kappa shape index (κ3) is 1.57. The van der Waals surface area contributed by atoms with E-state index in [1.54, 1.807) is 0 Å². The molecule has 1 fully saturated rings. The Balaban J connectivity index is 2.18. The highest BCUT2D eigenvalue weighted by Gasteiger charge is 2.37. The van der Waals surface area contributed by atoms with Crippen LogP contribution in [0.5, 0.6) is 0 Å². The van der Waals surface area contributed by atoms with Crippen molar-refractivity contribution in [2.24, 2.45) is 18.7 Å². The molecular formula is C11H19N3. The molecule has 0 aliphatic heterocycles. The summed E-state index contributed by atoms with van der Waals surface area (Å²) in [5.41, 5.74) is 7.51. The number of nitrogens with zero attached hydrogens (tertiary/aromatic N) is 2. The third-order valence-corrected chi connectivity index (χ3v) is 3.51. The number of hydrogen-bond donors (Lipinski definition) is 1. The van der Waals surface area contributed by atoms with Crippen molar-refractivity contribution in [2.45, 2.75) is 38.1 Å². The highest BCUT2D eigenvalue weighted by atomic mass is 15.2. The summed E-state index contributed by atoms with van der Waals surface area (Å²) in [5.74, 6) is 0.806. The molecule has 2 rings (SSSR count). The van der Waals surface area contributed by atoms with Gasteiger partial charge in [-0.15, -0.1) is 0 Å². The van der Waals surface area contributed by atoms with Crippen molar-refractivity contribution in [3.05, 3.63) is 18.0 Å². The van der Waals surface area contributed by atoms with E-state index in [1.165, 1.54) is 18.4 Å². The molecule has 0 amide bonds. The molecule has 0 radical (unpaired) electrons. The monoisotopic (exact) mass is 193 g/mol. The van der Waals surface area contributed by atoms with E-state index in [1.807, 2.05) is 17.9 Å². The summed E-state index contributed by atoms with van der Waals surface area (Å²) in [7, 11) is 1.94. The van der Waals surface area contributed by atoms with Crippen LogP contribution in [0.25, 0.3) is 0 Å². The van der Waals surface area contributed by atoms with Gasteiger partial charge in [0, 0.05) is 24.3 Å². The van der Waals surface area contributed by atoms with Crippen molar-refractivity contribution in [1.82, 2.24) is 9.78 Å². The highest BCUT2D eigenvalue weighted by molar-refractivity contribution is 5.19. The van der Waals surface area contributed by atoms with Crippen molar-refractivity contribution < 1.29 is 0 Å². The molecule has 3 heteroatoms. The molecule has 1 aliphatic rings. The van der Waals surface area contributed by atoms with Gasteiger partial charge in [-0.25, -0.2) is 0 Å². The van der Waals surface area contributed by atoms with E-state index in [0.717, 1.165) is 18.8 Å². The SMILES string of the molecule is CCC1CCC(N)(c2cnn(C)c2)C1. The average molecular weight is 193 g/mol. The van der Waals surface area contributed by atoms with Gasteiger partial charge in [-0.05, 0) is 25.2 Å². The Morgan fingerprint density at radius 1 is 1.71 bits per heavy atom. The molecule has 0 spiro atoms. The minimum absolute atomic E-state index is 0.102. The second-order valence-electron chi connectivity index (χ2n) is 4.58. The molecule has 0 bridgehead atoms. The summed E-state index contributed by atoms with van der Waals surface area (Å²) in [4.78, 5) is 0. The molecule has 1 aromatic rings. The largest absolute Gasteiger partial charge is 0.321 e. The zero-order valence-electron chi connectivity index (χ0n) is 9.03. The molecule has 0 saturated heterocycles. The maximum Gasteiger partial charge on any atom is 0.0540 e. The molecule has 2 N–H and O–H groups in total. The second kappa shape index (κ2) is 3.39. The van der Waals surface area contributed by atoms with Crippen LogP contribution in [0.4, 0.5) is 0 Å². The Bertz CT molecular complexity index is 318. The zero-order chi connectivity index (χ0) is 10.2. The summed E-state index contributed by atoms with van der Waals surface area (Å²) in [6.07, 6.45) is 8.71. The Morgan fingerprint density at radius 3 is 3.00 bits per heavy atom. The molecular weight excluding hydrogens is 174 g/mol. The number of rotatable bonds is 2. The first kappa shape index (κ1) is 9.71. The molecule has 1 heterocycles. The maximum atomic E-state index is 6.41. The molecule has 78 valence electrons. The van der Waals surface area contributed by atoms with Crippen LogP contribution in [0, 0.1) is 5.92 Å². The van der Waals surface area contributed by atoms with Crippen LogP contribution in [-0.2, 0) is 12.6 Å². The molecule has 1 aliphatic carbocycles. The van der Waals surface area contributed by atoms with E-state index in [9.17, 15) is 0 Å². The lowest BCUT2D eigenvalue weighted by molar-refractivity contribution is 0.424. The second-order valence-corrected chi connectivity index (χ2v) is 4.58. The number of aromatic nitrogens is 2. The summed E-state index contributed by atoms with van der Waals surface area (Å²) in [6.45, 7) is 2.25. The normalized spacial score (nSPS) is 32.4. The topological polar surface area (TPSA) is 43.8 Å². The van der Waals surface area contributed by atoms with Crippen LogP contribution < -0.4 is 5.73 Å². The van der Waals surface area contributed by atoms with Crippen LogP contribution in [0.2, 0.25) is 0 Å². The Hall–Kier alpha value is -0.830. The van der Waals surface area contributed by atoms with E-state index in [4.69, 9.17) is 5.73 Å². The maximum absolute atomic E-state index is 6.41. The van der Waals surface area contributed by atoms with Crippen molar-refractivity contribution in [2.75, 3.05) is 0 Å². The van der Waals surface area contributed by atoms with Gasteiger partial charge in [0.25, 0.3) is 0 Å². The van der Waals surface area contributed by atoms with Gasteiger partial charge in [0.1, 0.15) is 0 Å². The number of hydrogen-bond acceptors (Lipinski definition) is 2. The van der Waals surface area contributed by atoms with Gasteiger partial charge in [0.2, 0.25) is 0 Å². The van der Waals surface area contributed by atoms with Gasteiger partial charge in [0.15, 0.2) is 0 Å². The van der Waals surface area contributed by atoms with E-state index >= 15 is 0 Å². The zero-order valence-corrected chi connectivity index (χ0v) is 9.03. The molecule has 1 aromatic heterocycles. The summed E-state index contributed by atoms with van der Waals surface area (Å²) < 4.78 is 1.84. The van der Waals surface area contributed by atoms with Crippen LogP contribution in [0.15, 0.2) is 12.4 Å². The summed E-state index contributed by atoms with van der Waals surface area (Å²) in [6, 6.07) is 0. The van der Waals surface area contributed by atoms with Crippen LogP contribution >= 0.6 is 0 Å². The quantitative estimate of drug-likeness (QED) is 0.778. The van der Waals surface area contributed by atoms with E-state index in [0.29, 0.717) is 0 Å². The Labute approximate surface area is 85.3 Å². The van der Waals surface area contributed by atoms with Gasteiger partial charge < -0.3 is 5.73 Å². The lowest BCUT2D eigenvalue weighted by Crippen LogP contribution is -2.33. The minimum atomic E-state index is -0.102. The van der Waals surface area contributed by atoms with Crippen LogP contribution in [0.3, 0.4) is 0 Å². The molecule has 1 saturated carbocycles. The lowest BCUT2D eigenvalue weighted by Gasteiger charge is -2.22. The van der Waals surface area contributed by atoms with Crippen LogP contribution in [-0.4, -0.2) is 9.78 Å². The van der Waals surface area contributed by atoms with E-state index in [-0.39, 0.29) is 5.54 Å². The Kier molecular flexibility index (Phi) is 2.35. The summed E-state index contributed by atoms with van der Waals surface area (Å²) >= 11 is 0. The number of nitrogens with two attached hydrogens (primary N) is 1. The summed E-state index contributed by atoms with van der Waals surface area (Å²) in [5, 5.41) is 4.19. The third-order valence-electron chi connectivity index (χ3n) is 3.51. The van der Waals surface area contributed by atoms with Gasteiger partial charge in [-0.2, -0.15) is 5.10 Å². The smallest absolute Gasteiger partial charge is 0.0540 e. The lowest BCUT2D eigenvalue weighted by atomic mass is 9.90. The minimum Gasteiger partial charge on any atom is -0.321 e. The van der Waals surface area contributed by atoms with Crippen molar-refractivity contribution >= 4 is 0 Å². The molecule has 2 unspecified atom stereocenters. The van der Waals surface area contributed by atoms with Crippen LogP contribution in [0.1, 0.15) is 38.2 Å². The first-order chi connectivity index (χ1) is 6.64. The first-order valence-electron chi connectivity index (χ1n) is 5.42. The van der Waals surface area contributed by atoms with E-state index < -0.39 is 0 Å². The van der Waals surface area contributed by atoms with E-state index in [2.05, 4.69) is 18.2 Å². The van der Waals surface area contributed by atoms with Gasteiger partial charge in [-0.1, -0.05) is 13.3 Å². The predicted octanol–water partition coefficient (Wildman–Crippen LogP) is 1.78. The van der Waals surface area contributed by atoms with Crippen molar-refractivity contribution in [3.8, 4) is 0 Å². The fourth-order valence-electron chi connectivity index (χ4n) is 2.47. The molecule has 3 nitrogen and oxygen atoms in total. The first-order valence-corrected chi connectivity index (χ1v) is 5.42. The number of aryl methyl sites for hydroxylation is 1. The van der Waals surface area contributed by atoms with Crippen molar-refractivity contribution in [3.63, 3.8) is 0 Å². The fourth-order valence-corrected chi connectivity index (χ4v) is 2.47.